The molecule has 1 aromatic carbocycles. The second kappa shape index (κ2) is 11.2. The van der Waals surface area contributed by atoms with E-state index in [1.807, 2.05) is 44.0 Å². The van der Waals surface area contributed by atoms with Crippen LogP contribution in [0.3, 0.4) is 0 Å². The molecule has 1 radical (unpaired) electrons. The topological polar surface area (TPSA) is 90.7 Å². The number of hydrogen-bond donors (Lipinski definition) is 0. The maximum atomic E-state index is 14.7. The molecule has 217 valence electrons. The fourth-order valence-electron chi connectivity index (χ4n) is 5.08. The van der Waals surface area contributed by atoms with E-state index in [2.05, 4.69) is 30.7 Å². The molecule has 0 unspecified atom stereocenters. The maximum Gasteiger partial charge on any atom is 0.296 e. The molecular weight excluding hydrogens is 536 g/mol. The summed E-state index contributed by atoms with van der Waals surface area (Å²) in [6.45, 7) is 17.6. The molecule has 0 spiro atoms. The fraction of sp³-hybridized carbons (Fsp3) is 0.630. The molecule has 40 heavy (non-hydrogen) atoms. The van der Waals surface area contributed by atoms with Gasteiger partial charge in [-0.25, -0.2) is 13.8 Å². The molecule has 2 aliphatic heterocycles. The highest BCUT2D eigenvalue weighted by Gasteiger charge is 2.32. The number of fused-ring (bicyclic) bond motifs is 1. The van der Waals surface area contributed by atoms with Crippen molar-refractivity contribution in [3.8, 4) is 11.7 Å². The van der Waals surface area contributed by atoms with Crippen molar-refractivity contribution in [2.45, 2.75) is 71.7 Å². The first-order valence-corrected chi connectivity index (χ1v) is 16.2. The van der Waals surface area contributed by atoms with E-state index >= 15 is 0 Å². The van der Waals surface area contributed by atoms with Crippen LogP contribution in [-0.4, -0.2) is 85.1 Å². The zero-order valence-corrected chi connectivity index (χ0v) is 25.2. The van der Waals surface area contributed by atoms with Crippen LogP contribution in [0.15, 0.2) is 12.1 Å². The molecule has 0 amide bonds. The van der Waals surface area contributed by atoms with Crippen molar-refractivity contribution in [2.24, 2.45) is 0 Å². The molecular formula is C27H38F2N7O3Si. The van der Waals surface area contributed by atoms with Crippen LogP contribution in [0.4, 0.5) is 20.7 Å². The third kappa shape index (κ3) is 5.50. The second-order valence-electron chi connectivity index (χ2n) is 11.5. The molecule has 2 aliphatic rings. The van der Waals surface area contributed by atoms with Crippen molar-refractivity contribution < 1.29 is 22.7 Å². The van der Waals surface area contributed by atoms with Crippen LogP contribution < -0.4 is 14.2 Å². The summed E-state index contributed by atoms with van der Waals surface area (Å²) in [7, 11) is -1.21. The van der Waals surface area contributed by atoms with Gasteiger partial charge in [0, 0.05) is 25.2 Å². The summed E-state index contributed by atoms with van der Waals surface area (Å²) in [5.74, 6) is 1.06. The van der Waals surface area contributed by atoms with Crippen LogP contribution in [-0.2, 0) is 14.9 Å². The lowest BCUT2D eigenvalue weighted by atomic mass is 9.86. The van der Waals surface area contributed by atoms with Gasteiger partial charge in [-0.05, 0) is 38.4 Å². The maximum absolute atomic E-state index is 14.7. The average Bonchev–Trinajstić information content (AvgIpc) is 3.30. The van der Waals surface area contributed by atoms with E-state index in [4.69, 9.17) is 28.9 Å². The molecule has 0 bridgehead atoms. The van der Waals surface area contributed by atoms with Crippen LogP contribution in [0, 0.1) is 0 Å². The zero-order chi connectivity index (χ0) is 28.8. The number of alkyl halides is 2. The highest BCUT2D eigenvalue weighted by Crippen LogP contribution is 2.40. The molecule has 4 heterocycles. The summed E-state index contributed by atoms with van der Waals surface area (Å²) in [5.41, 5.74) is 1.49. The quantitative estimate of drug-likeness (QED) is 0.394. The first kappa shape index (κ1) is 28.6. The number of benzene rings is 1. The zero-order valence-electron chi connectivity index (χ0n) is 24.2. The number of nitrogens with zero attached hydrogens (tertiary/aromatic N) is 7. The van der Waals surface area contributed by atoms with Crippen LogP contribution in [0.25, 0.3) is 17.0 Å². The Morgan fingerprint density at radius 2 is 1.62 bits per heavy atom. The molecule has 2 atom stereocenters. The molecule has 0 N–H and O–H groups in total. The van der Waals surface area contributed by atoms with Crippen molar-refractivity contribution in [3.63, 3.8) is 0 Å². The van der Waals surface area contributed by atoms with E-state index < -0.39 is 21.3 Å². The van der Waals surface area contributed by atoms with Gasteiger partial charge in [0.1, 0.15) is 11.3 Å². The Bertz CT molecular complexity index is 1360. The largest absolute Gasteiger partial charge is 0.541 e. The smallest absolute Gasteiger partial charge is 0.296 e. The third-order valence-corrected chi connectivity index (χ3v) is 7.96. The van der Waals surface area contributed by atoms with Crippen molar-refractivity contribution in [1.82, 2.24) is 24.5 Å². The van der Waals surface area contributed by atoms with Crippen LogP contribution >= 0.6 is 0 Å². The van der Waals surface area contributed by atoms with E-state index in [1.165, 1.54) is 4.57 Å². The minimum Gasteiger partial charge on any atom is -0.541 e. The molecule has 2 saturated heterocycles. The van der Waals surface area contributed by atoms with E-state index in [-0.39, 0.29) is 23.5 Å². The predicted octanol–water partition coefficient (Wildman–Crippen LogP) is 4.53. The van der Waals surface area contributed by atoms with E-state index in [9.17, 15) is 8.78 Å². The Morgan fingerprint density at radius 1 is 0.950 bits per heavy atom. The van der Waals surface area contributed by atoms with Crippen LogP contribution in [0.5, 0.6) is 5.75 Å². The minimum absolute atomic E-state index is 0.0142. The summed E-state index contributed by atoms with van der Waals surface area (Å²) < 4.78 is 48.3. The van der Waals surface area contributed by atoms with E-state index in [0.29, 0.717) is 68.1 Å². The van der Waals surface area contributed by atoms with Gasteiger partial charge in [0.2, 0.25) is 17.8 Å². The highest BCUT2D eigenvalue weighted by molar-refractivity contribution is 6.49. The molecule has 0 aliphatic carbocycles. The number of anilines is 2. The molecule has 10 nitrogen and oxygen atoms in total. The molecule has 2 fully saturated rings. The van der Waals surface area contributed by atoms with Crippen molar-refractivity contribution >= 4 is 32.0 Å². The van der Waals surface area contributed by atoms with Crippen molar-refractivity contribution in [2.75, 3.05) is 49.3 Å². The number of morpholine rings is 2. The van der Waals surface area contributed by atoms with Crippen LogP contribution in [0.2, 0.25) is 13.1 Å². The van der Waals surface area contributed by atoms with E-state index in [0.717, 1.165) is 5.56 Å². The number of imidazole rings is 1. The summed E-state index contributed by atoms with van der Waals surface area (Å²) >= 11 is 0. The lowest BCUT2D eigenvalue weighted by molar-refractivity contribution is 0.0277. The lowest BCUT2D eigenvalue weighted by Gasteiger charge is -2.38. The Kier molecular flexibility index (Phi) is 7.99. The lowest BCUT2D eigenvalue weighted by Crippen LogP contribution is -2.49. The van der Waals surface area contributed by atoms with Gasteiger partial charge in [-0.2, -0.15) is 15.0 Å². The monoisotopic (exact) mass is 574 g/mol. The minimum atomic E-state index is -2.86. The number of hydrogen-bond acceptors (Lipinski definition) is 9. The van der Waals surface area contributed by atoms with E-state index in [1.54, 1.807) is 0 Å². The molecule has 3 aromatic rings. The highest BCUT2D eigenvalue weighted by atomic mass is 28.3. The molecule has 5 rings (SSSR count). The summed E-state index contributed by atoms with van der Waals surface area (Å²) in [6.07, 6.45) is -2.90. The van der Waals surface area contributed by atoms with Gasteiger partial charge in [0.25, 0.3) is 15.5 Å². The first-order chi connectivity index (χ1) is 19.0. The van der Waals surface area contributed by atoms with Gasteiger partial charge in [-0.3, -0.25) is 4.57 Å². The first-order valence-electron chi connectivity index (χ1n) is 13.7. The van der Waals surface area contributed by atoms with Gasteiger partial charge in [-0.15, -0.1) is 0 Å². The van der Waals surface area contributed by atoms with Gasteiger partial charge in [-0.1, -0.05) is 26.8 Å². The number of ether oxygens (including phenoxy) is 2. The third-order valence-electron chi connectivity index (χ3n) is 7.35. The summed E-state index contributed by atoms with van der Waals surface area (Å²) in [5, 5.41) is 0. The molecule has 2 aromatic heterocycles. The molecule has 13 heteroatoms. The Morgan fingerprint density at radius 3 is 2.27 bits per heavy atom. The SMILES string of the molecule is C[C@@H]1OCCN(c2nc(N3CCOCC3)nc(-n3c(C(F)F)nc4c(O[Si](C)C)c(C(C)(C)C)ccc43)n2)[C@@H]1C. The number of halogens is 2. The Hall–Kier alpha value is -2.90. The number of rotatable bonds is 6. The normalized spacial score (nSPS) is 20.7. The molecule has 0 saturated carbocycles. The van der Waals surface area contributed by atoms with Gasteiger partial charge < -0.3 is 23.7 Å². The van der Waals surface area contributed by atoms with Crippen molar-refractivity contribution in [1.29, 1.82) is 0 Å². The standard InChI is InChI=1S/C27H38F2N7O3Si/c1-16-17(2)38-15-12-35(16)25-31-24(34-10-13-37-14-11-34)32-26(33-25)36-19-9-8-18(27(3,4)5)21(39-40(6)7)20(19)30-23(36)22(28)29/h8-9,16-17,22H,10-15H2,1-7H3/t16-,17+/m1/s1. The Balaban J connectivity index is 1.75. The summed E-state index contributed by atoms with van der Waals surface area (Å²) in [6, 6.07) is 3.74. The van der Waals surface area contributed by atoms with Gasteiger partial charge in [0.05, 0.1) is 37.5 Å². The van der Waals surface area contributed by atoms with Gasteiger partial charge >= 0.3 is 0 Å². The predicted molar refractivity (Wildman–Crippen MR) is 151 cm³/mol. The summed E-state index contributed by atoms with van der Waals surface area (Å²) in [4.78, 5) is 22.9. The number of aromatic nitrogens is 5. The van der Waals surface area contributed by atoms with Crippen LogP contribution in [0.1, 0.15) is 52.4 Å². The van der Waals surface area contributed by atoms with Crippen molar-refractivity contribution in [3.05, 3.63) is 23.5 Å². The van der Waals surface area contributed by atoms with Gasteiger partial charge in [0.15, 0.2) is 5.82 Å². The average molecular weight is 575 g/mol. The fourth-order valence-corrected chi connectivity index (χ4v) is 5.70. The Labute approximate surface area is 235 Å². The second-order valence-corrected chi connectivity index (χ2v) is 13.5.